The highest BCUT2D eigenvalue weighted by Crippen LogP contribution is 2.37. The fraction of sp³-hybridized carbons (Fsp3) is 0.316. The molecule has 0 saturated carbocycles. The molecule has 2 aromatic rings. The lowest BCUT2D eigenvalue weighted by Gasteiger charge is -2.35. The van der Waals surface area contributed by atoms with E-state index in [-0.39, 0.29) is 31.0 Å². The van der Waals surface area contributed by atoms with Crippen molar-refractivity contribution in [1.82, 2.24) is 4.90 Å². The summed E-state index contributed by atoms with van der Waals surface area (Å²) in [6.07, 6.45) is 0.839. The molecule has 2 aliphatic rings. The Morgan fingerprint density at radius 2 is 1.92 bits per heavy atom. The average Bonchev–Trinajstić information content (AvgIpc) is 3.01. The van der Waals surface area contributed by atoms with Gasteiger partial charge in [-0.2, -0.15) is 0 Å². The monoisotopic (exact) mass is 327 g/mol. The first kappa shape index (κ1) is 15.0. The van der Waals surface area contributed by atoms with E-state index < -0.39 is 0 Å². The quantitative estimate of drug-likeness (QED) is 0.851. The maximum atomic E-state index is 13.8. The molecule has 2 aliphatic heterocycles. The predicted molar refractivity (Wildman–Crippen MR) is 86.4 cm³/mol. The second-order valence-electron chi connectivity index (χ2n) is 6.32. The lowest BCUT2D eigenvalue weighted by atomic mass is 9.93. The molecule has 1 unspecified atom stereocenters. The van der Waals surface area contributed by atoms with Crippen molar-refractivity contribution in [3.8, 4) is 11.5 Å². The van der Waals surface area contributed by atoms with E-state index in [1.165, 1.54) is 11.6 Å². The van der Waals surface area contributed by atoms with E-state index in [1.807, 2.05) is 24.0 Å². The van der Waals surface area contributed by atoms with E-state index >= 15 is 0 Å². The molecule has 0 aliphatic carbocycles. The summed E-state index contributed by atoms with van der Waals surface area (Å²) < 4.78 is 24.6. The highest BCUT2D eigenvalue weighted by molar-refractivity contribution is 5.79. The Hall–Kier alpha value is -2.56. The van der Waals surface area contributed by atoms with Crippen molar-refractivity contribution in [3.63, 3.8) is 0 Å². The number of carbonyl (C=O) groups excluding carboxylic acids is 1. The van der Waals surface area contributed by atoms with Gasteiger partial charge in [0.25, 0.3) is 0 Å². The molecular weight excluding hydrogens is 309 g/mol. The molecule has 0 N–H and O–H groups in total. The number of fused-ring (bicyclic) bond motifs is 2. The number of nitrogens with zero attached hydrogens (tertiary/aromatic N) is 1. The van der Waals surface area contributed by atoms with Crippen LogP contribution in [0.5, 0.6) is 11.5 Å². The van der Waals surface area contributed by atoms with Gasteiger partial charge in [0.1, 0.15) is 5.82 Å². The fourth-order valence-corrected chi connectivity index (χ4v) is 3.37. The Bertz CT molecular complexity index is 805. The molecule has 0 bridgehead atoms. The first-order chi connectivity index (χ1) is 11.6. The topological polar surface area (TPSA) is 38.8 Å². The molecule has 2 aromatic carbocycles. The molecule has 1 amide bonds. The zero-order chi connectivity index (χ0) is 16.7. The zero-order valence-electron chi connectivity index (χ0n) is 13.4. The number of halogens is 1. The number of benzene rings is 2. The summed E-state index contributed by atoms with van der Waals surface area (Å²) in [6, 6.07) is 10.5. The van der Waals surface area contributed by atoms with Crippen molar-refractivity contribution in [2.45, 2.75) is 32.4 Å². The summed E-state index contributed by atoms with van der Waals surface area (Å²) in [5.74, 6) is 1.10. The lowest BCUT2D eigenvalue weighted by Crippen LogP contribution is -2.43. The normalized spacial score (nSPS) is 18.4. The standard InChI is InChI=1S/C19H18FNO3/c1-12-6-14-7-17-18(24-11-23-17)8-15(14)10-21(12)19(22)9-13-4-2-3-5-16(13)20/h2-5,7-8,12H,6,9-11H2,1H3. The third-order valence-corrected chi connectivity index (χ3v) is 4.70. The lowest BCUT2D eigenvalue weighted by molar-refractivity contribution is -0.133. The summed E-state index contributed by atoms with van der Waals surface area (Å²) >= 11 is 0. The van der Waals surface area contributed by atoms with E-state index in [4.69, 9.17) is 9.47 Å². The van der Waals surface area contributed by atoms with Crippen LogP contribution in [0.15, 0.2) is 36.4 Å². The molecule has 0 aromatic heterocycles. The van der Waals surface area contributed by atoms with Crippen LogP contribution in [0.4, 0.5) is 4.39 Å². The van der Waals surface area contributed by atoms with Gasteiger partial charge in [0.2, 0.25) is 12.7 Å². The molecule has 4 rings (SSSR count). The largest absolute Gasteiger partial charge is 0.454 e. The number of amides is 1. The van der Waals surface area contributed by atoms with Crippen LogP contribution in [0.2, 0.25) is 0 Å². The summed E-state index contributed by atoms with van der Waals surface area (Å²) in [5, 5.41) is 0. The van der Waals surface area contributed by atoms with E-state index in [2.05, 4.69) is 0 Å². The Morgan fingerprint density at radius 3 is 2.67 bits per heavy atom. The maximum absolute atomic E-state index is 13.8. The molecule has 0 radical (unpaired) electrons. The second-order valence-corrected chi connectivity index (χ2v) is 6.32. The highest BCUT2D eigenvalue weighted by Gasteiger charge is 2.29. The van der Waals surface area contributed by atoms with Gasteiger partial charge in [-0.25, -0.2) is 4.39 Å². The molecule has 5 heteroatoms. The second kappa shape index (κ2) is 5.82. The molecule has 0 saturated heterocycles. The number of carbonyl (C=O) groups is 1. The number of hydrogen-bond donors (Lipinski definition) is 0. The van der Waals surface area contributed by atoms with Gasteiger partial charge in [-0.05, 0) is 48.2 Å². The molecule has 4 nitrogen and oxygen atoms in total. The van der Waals surface area contributed by atoms with E-state index in [9.17, 15) is 9.18 Å². The Morgan fingerprint density at radius 1 is 1.21 bits per heavy atom. The van der Waals surface area contributed by atoms with Crippen LogP contribution in [-0.2, 0) is 24.2 Å². The van der Waals surface area contributed by atoms with Crippen molar-refractivity contribution >= 4 is 5.91 Å². The van der Waals surface area contributed by atoms with Crippen LogP contribution < -0.4 is 9.47 Å². The van der Waals surface area contributed by atoms with Gasteiger partial charge in [0, 0.05) is 12.6 Å². The third kappa shape index (κ3) is 2.60. The minimum Gasteiger partial charge on any atom is -0.454 e. The van der Waals surface area contributed by atoms with E-state index in [1.54, 1.807) is 18.2 Å². The van der Waals surface area contributed by atoms with Crippen molar-refractivity contribution in [1.29, 1.82) is 0 Å². The van der Waals surface area contributed by atoms with Gasteiger partial charge in [-0.15, -0.1) is 0 Å². The summed E-state index contributed by atoms with van der Waals surface area (Å²) in [6.45, 7) is 2.77. The van der Waals surface area contributed by atoms with Gasteiger partial charge < -0.3 is 14.4 Å². The van der Waals surface area contributed by atoms with E-state index in [0.717, 1.165) is 23.5 Å². The van der Waals surface area contributed by atoms with Crippen LogP contribution in [0.3, 0.4) is 0 Å². The Kier molecular flexibility index (Phi) is 3.63. The van der Waals surface area contributed by atoms with Crippen LogP contribution in [-0.4, -0.2) is 23.6 Å². The molecule has 0 fully saturated rings. The number of rotatable bonds is 2. The van der Waals surface area contributed by atoms with E-state index in [0.29, 0.717) is 12.1 Å². The Balaban J connectivity index is 1.56. The van der Waals surface area contributed by atoms with Crippen LogP contribution in [0.25, 0.3) is 0 Å². The summed E-state index contributed by atoms with van der Waals surface area (Å²) in [4.78, 5) is 14.5. The van der Waals surface area contributed by atoms with Crippen molar-refractivity contribution in [2.24, 2.45) is 0 Å². The number of hydrogen-bond acceptors (Lipinski definition) is 3. The van der Waals surface area contributed by atoms with Crippen molar-refractivity contribution < 1.29 is 18.7 Å². The summed E-state index contributed by atoms with van der Waals surface area (Å²) in [7, 11) is 0. The van der Waals surface area contributed by atoms with Crippen molar-refractivity contribution in [3.05, 3.63) is 58.9 Å². The van der Waals surface area contributed by atoms with Crippen LogP contribution >= 0.6 is 0 Å². The zero-order valence-corrected chi connectivity index (χ0v) is 13.4. The average molecular weight is 327 g/mol. The van der Waals surface area contributed by atoms with Gasteiger partial charge in [-0.3, -0.25) is 4.79 Å². The van der Waals surface area contributed by atoms with Crippen molar-refractivity contribution in [2.75, 3.05) is 6.79 Å². The maximum Gasteiger partial charge on any atom is 0.231 e. The molecule has 0 spiro atoms. The molecular formula is C19H18FNO3. The summed E-state index contributed by atoms with van der Waals surface area (Å²) in [5.41, 5.74) is 2.69. The van der Waals surface area contributed by atoms with Gasteiger partial charge in [-0.1, -0.05) is 18.2 Å². The fourth-order valence-electron chi connectivity index (χ4n) is 3.37. The predicted octanol–water partition coefficient (Wildman–Crippen LogP) is 3.07. The van der Waals surface area contributed by atoms with Crippen LogP contribution in [0, 0.1) is 5.82 Å². The first-order valence-corrected chi connectivity index (χ1v) is 8.06. The minimum absolute atomic E-state index is 0.0593. The SMILES string of the molecule is CC1Cc2cc3c(cc2CN1C(=O)Cc1ccccc1F)OCO3. The number of ether oxygens (including phenoxy) is 2. The van der Waals surface area contributed by atoms with Gasteiger partial charge in [0.05, 0.1) is 6.42 Å². The first-order valence-electron chi connectivity index (χ1n) is 8.06. The smallest absolute Gasteiger partial charge is 0.231 e. The molecule has 124 valence electrons. The van der Waals surface area contributed by atoms with Gasteiger partial charge in [0.15, 0.2) is 11.5 Å². The molecule has 2 heterocycles. The Labute approximate surface area is 139 Å². The highest BCUT2D eigenvalue weighted by atomic mass is 19.1. The van der Waals surface area contributed by atoms with Crippen LogP contribution in [0.1, 0.15) is 23.6 Å². The van der Waals surface area contributed by atoms with Gasteiger partial charge >= 0.3 is 0 Å². The third-order valence-electron chi connectivity index (χ3n) is 4.70. The molecule has 1 atom stereocenters. The minimum atomic E-state index is -0.334. The molecule has 24 heavy (non-hydrogen) atoms.